The number of anilines is 1. The van der Waals surface area contributed by atoms with Crippen molar-refractivity contribution in [3.8, 4) is 11.5 Å². The predicted molar refractivity (Wildman–Crippen MR) is 116 cm³/mol. The molecular weight excluding hydrogens is 453 g/mol. The molecule has 0 amide bonds. The highest BCUT2D eigenvalue weighted by Crippen LogP contribution is 2.30. The second-order valence-electron chi connectivity index (χ2n) is 7.56. The summed E-state index contributed by atoms with van der Waals surface area (Å²) in [5, 5.41) is 9.48. The van der Waals surface area contributed by atoms with Crippen molar-refractivity contribution >= 4 is 11.7 Å². The fourth-order valence-electron chi connectivity index (χ4n) is 3.66. The normalized spacial score (nSPS) is 16.2. The van der Waals surface area contributed by atoms with E-state index in [-0.39, 0.29) is 17.9 Å². The maximum atomic E-state index is 12.3. The van der Waals surface area contributed by atoms with E-state index in [9.17, 15) is 23.1 Å². The number of aromatic carboxylic acids is 1. The molecule has 1 atom stereocenters. The van der Waals surface area contributed by atoms with Gasteiger partial charge in [0.1, 0.15) is 24.2 Å². The molecule has 1 aromatic heterocycles. The SMILES string of the molecule is O=C(O)c1ccccc1C1CN(c2cncc(OCc3ccc(OC(F)(F)F)cc3)c2)CCO1. The number of carboxylic acid groups (broad SMARTS) is 1. The van der Waals surface area contributed by atoms with Gasteiger partial charge in [0.25, 0.3) is 0 Å². The number of morpholine rings is 1. The van der Waals surface area contributed by atoms with Gasteiger partial charge in [-0.2, -0.15) is 0 Å². The fraction of sp³-hybridized carbons (Fsp3) is 0.250. The van der Waals surface area contributed by atoms with Gasteiger partial charge in [-0.3, -0.25) is 4.98 Å². The zero-order valence-corrected chi connectivity index (χ0v) is 17.9. The molecule has 1 saturated heterocycles. The Bertz CT molecular complexity index is 1140. The lowest BCUT2D eigenvalue weighted by molar-refractivity contribution is -0.274. The number of carboxylic acids is 1. The van der Waals surface area contributed by atoms with Crippen LogP contribution in [0, 0.1) is 0 Å². The van der Waals surface area contributed by atoms with Gasteiger partial charge in [-0.25, -0.2) is 4.79 Å². The van der Waals surface area contributed by atoms with Crippen molar-refractivity contribution in [1.82, 2.24) is 4.98 Å². The van der Waals surface area contributed by atoms with Crippen LogP contribution >= 0.6 is 0 Å². The third-order valence-electron chi connectivity index (χ3n) is 5.23. The fourth-order valence-corrected chi connectivity index (χ4v) is 3.66. The molecule has 0 aliphatic carbocycles. The summed E-state index contributed by atoms with van der Waals surface area (Å²) in [5.74, 6) is -0.820. The van der Waals surface area contributed by atoms with E-state index in [1.165, 1.54) is 24.3 Å². The van der Waals surface area contributed by atoms with Crippen molar-refractivity contribution in [3.63, 3.8) is 0 Å². The van der Waals surface area contributed by atoms with Gasteiger partial charge >= 0.3 is 12.3 Å². The monoisotopic (exact) mass is 474 g/mol. The number of hydrogen-bond acceptors (Lipinski definition) is 6. The molecule has 1 unspecified atom stereocenters. The van der Waals surface area contributed by atoms with Gasteiger partial charge in [0.2, 0.25) is 0 Å². The highest BCUT2D eigenvalue weighted by Gasteiger charge is 2.31. The molecule has 178 valence electrons. The minimum absolute atomic E-state index is 0.134. The largest absolute Gasteiger partial charge is 0.573 e. The number of rotatable bonds is 7. The summed E-state index contributed by atoms with van der Waals surface area (Å²) in [6.45, 7) is 1.58. The third-order valence-corrected chi connectivity index (χ3v) is 5.23. The topological polar surface area (TPSA) is 81.1 Å². The van der Waals surface area contributed by atoms with Gasteiger partial charge in [-0.15, -0.1) is 13.2 Å². The average molecular weight is 474 g/mol. The van der Waals surface area contributed by atoms with E-state index in [0.29, 0.717) is 36.6 Å². The van der Waals surface area contributed by atoms with Gasteiger partial charge in [0.15, 0.2) is 0 Å². The zero-order chi connectivity index (χ0) is 24.1. The maximum absolute atomic E-state index is 12.3. The Labute approximate surface area is 193 Å². The van der Waals surface area contributed by atoms with Crippen LogP contribution in [0.2, 0.25) is 0 Å². The van der Waals surface area contributed by atoms with E-state index in [1.54, 1.807) is 42.7 Å². The summed E-state index contributed by atoms with van der Waals surface area (Å²) in [7, 11) is 0. The van der Waals surface area contributed by atoms with Crippen LogP contribution in [0.5, 0.6) is 11.5 Å². The Kier molecular flexibility index (Phi) is 6.87. The van der Waals surface area contributed by atoms with Crippen LogP contribution in [-0.2, 0) is 11.3 Å². The van der Waals surface area contributed by atoms with Gasteiger partial charge in [-0.1, -0.05) is 30.3 Å². The predicted octanol–water partition coefficient (Wildman–Crippen LogP) is 4.84. The highest BCUT2D eigenvalue weighted by atomic mass is 19.4. The quantitative estimate of drug-likeness (QED) is 0.525. The molecule has 0 spiro atoms. The van der Waals surface area contributed by atoms with E-state index in [1.807, 2.05) is 4.90 Å². The zero-order valence-electron chi connectivity index (χ0n) is 17.9. The molecule has 3 aromatic rings. The lowest BCUT2D eigenvalue weighted by Gasteiger charge is -2.35. The molecule has 0 saturated carbocycles. The summed E-state index contributed by atoms with van der Waals surface area (Å²) in [5.41, 5.74) is 2.26. The summed E-state index contributed by atoms with van der Waals surface area (Å²) >= 11 is 0. The molecule has 1 N–H and O–H groups in total. The third kappa shape index (κ3) is 5.96. The highest BCUT2D eigenvalue weighted by molar-refractivity contribution is 5.89. The van der Waals surface area contributed by atoms with E-state index < -0.39 is 18.4 Å². The lowest BCUT2D eigenvalue weighted by atomic mass is 10.0. The first-order valence-corrected chi connectivity index (χ1v) is 10.4. The Balaban J connectivity index is 1.41. The van der Waals surface area contributed by atoms with Crippen LogP contribution in [-0.4, -0.2) is 42.1 Å². The molecule has 34 heavy (non-hydrogen) atoms. The maximum Gasteiger partial charge on any atom is 0.573 e. The van der Waals surface area contributed by atoms with Crippen LogP contribution < -0.4 is 14.4 Å². The molecule has 0 bridgehead atoms. The van der Waals surface area contributed by atoms with Gasteiger partial charge in [0, 0.05) is 19.2 Å². The second kappa shape index (κ2) is 10.0. The second-order valence-corrected chi connectivity index (χ2v) is 7.56. The Morgan fingerprint density at radius 3 is 2.62 bits per heavy atom. The van der Waals surface area contributed by atoms with Gasteiger partial charge < -0.3 is 24.2 Å². The first kappa shape index (κ1) is 23.4. The first-order chi connectivity index (χ1) is 16.3. The number of benzene rings is 2. The Morgan fingerprint density at radius 2 is 1.88 bits per heavy atom. The average Bonchev–Trinajstić information content (AvgIpc) is 2.83. The number of pyridine rings is 1. The summed E-state index contributed by atoms with van der Waals surface area (Å²) in [4.78, 5) is 17.8. The Hall–Kier alpha value is -3.79. The van der Waals surface area contributed by atoms with E-state index in [0.717, 1.165) is 5.69 Å². The number of carbonyl (C=O) groups is 1. The molecule has 0 radical (unpaired) electrons. The smallest absolute Gasteiger partial charge is 0.487 e. The van der Waals surface area contributed by atoms with Crippen molar-refractivity contribution in [1.29, 1.82) is 0 Å². The summed E-state index contributed by atoms with van der Waals surface area (Å²) in [6, 6.07) is 14.0. The number of nitrogens with zero attached hydrogens (tertiary/aromatic N) is 2. The van der Waals surface area contributed by atoms with Crippen LogP contribution in [0.1, 0.15) is 27.6 Å². The van der Waals surface area contributed by atoms with Crippen LogP contribution in [0.4, 0.5) is 18.9 Å². The molecule has 1 aliphatic heterocycles. The van der Waals surface area contributed by atoms with E-state index >= 15 is 0 Å². The molecule has 1 fully saturated rings. The standard InChI is InChI=1S/C24H21F3N2O5/c25-24(26,27)34-18-7-5-16(6-8-18)15-33-19-11-17(12-28-13-19)29-9-10-32-22(14-29)20-3-1-2-4-21(20)23(30)31/h1-8,11-13,22H,9-10,14-15H2,(H,30,31). The van der Waals surface area contributed by atoms with Crippen molar-refractivity contribution in [2.45, 2.75) is 19.1 Å². The summed E-state index contributed by atoms with van der Waals surface area (Å²) in [6.07, 6.45) is -1.93. The molecular formula is C24H21F3N2O5. The van der Waals surface area contributed by atoms with Gasteiger partial charge in [-0.05, 0) is 29.3 Å². The van der Waals surface area contributed by atoms with Crippen LogP contribution in [0.15, 0.2) is 67.0 Å². The molecule has 10 heteroatoms. The van der Waals surface area contributed by atoms with Crippen molar-refractivity contribution in [2.24, 2.45) is 0 Å². The van der Waals surface area contributed by atoms with Crippen LogP contribution in [0.3, 0.4) is 0 Å². The molecule has 2 aromatic carbocycles. The van der Waals surface area contributed by atoms with Crippen molar-refractivity contribution < 1.29 is 37.3 Å². The molecule has 4 rings (SSSR count). The van der Waals surface area contributed by atoms with E-state index in [2.05, 4.69) is 9.72 Å². The Morgan fingerprint density at radius 1 is 1.12 bits per heavy atom. The number of alkyl halides is 3. The minimum Gasteiger partial charge on any atom is -0.487 e. The number of halogens is 3. The lowest BCUT2D eigenvalue weighted by Crippen LogP contribution is -2.38. The first-order valence-electron chi connectivity index (χ1n) is 10.4. The minimum atomic E-state index is -4.74. The van der Waals surface area contributed by atoms with E-state index in [4.69, 9.17) is 9.47 Å². The number of hydrogen-bond donors (Lipinski definition) is 1. The molecule has 1 aliphatic rings. The van der Waals surface area contributed by atoms with Crippen molar-refractivity contribution in [2.75, 3.05) is 24.6 Å². The number of aromatic nitrogens is 1. The molecule has 7 nitrogen and oxygen atoms in total. The van der Waals surface area contributed by atoms with Gasteiger partial charge in [0.05, 0.1) is 30.3 Å². The molecule has 2 heterocycles. The van der Waals surface area contributed by atoms with Crippen LogP contribution in [0.25, 0.3) is 0 Å². The van der Waals surface area contributed by atoms with Crippen molar-refractivity contribution in [3.05, 3.63) is 83.7 Å². The number of ether oxygens (including phenoxy) is 3. The summed E-state index contributed by atoms with van der Waals surface area (Å²) < 4.78 is 52.3.